The fourth-order valence-electron chi connectivity index (χ4n) is 3.89. The molecule has 1 saturated heterocycles. The molecule has 0 unspecified atom stereocenters. The first kappa shape index (κ1) is 25.8. The van der Waals surface area contributed by atoms with E-state index in [1.165, 1.54) is 6.20 Å². The highest BCUT2D eigenvalue weighted by Crippen LogP contribution is 2.37. The Kier molecular flexibility index (Phi) is 7.45. The van der Waals surface area contributed by atoms with E-state index in [4.69, 9.17) is 4.84 Å². The van der Waals surface area contributed by atoms with Gasteiger partial charge in [-0.3, -0.25) is 14.6 Å². The van der Waals surface area contributed by atoms with Gasteiger partial charge in [0.2, 0.25) is 0 Å². The summed E-state index contributed by atoms with van der Waals surface area (Å²) < 4.78 is 56.3. The third-order valence-corrected chi connectivity index (χ3v) is 6.20. The summed E-state index contributed by atoms with van der Waals surface area (Å²) in [7, 11) is 0. The Labute approximate surface area is 216 Å². The second-order valence-corrected chi connectivity index (χ2v) is 9.33. The number of nitrogens with zero attached hydrogens (tertiary/aromatic N) is 1. The highest BCUT2D eigenvalue weighted by molar-refractivity contribution is 14.1. The maximum atomic E-state index is 14.6. The van der Waals surface area contributed by atoms with Crippen molar-refractivity contribution in [3.8, 4) is 0 Å². The first-order valence-corrected chi connectivity index (χ1v) is 11.7. The third-order valence-electron chi connectivity index (χ3n) is 5.57. The average molecular weight is 614 g/mol. The number of urea groups is 1. The predicted octanol–water partition coefficient (Wildman–Crippen LogP) is 4.06. The number of benzene rings is 2. The van der Waals surface area contributed by atoms with Crippen molar-refractivity contribution in [2.24, 2.45) is 0 Å². The molecule has 0 saturated carbocycles. The van der Waals surface area contributed by atoms with Gasteiger partial charge in [0.25, 0.3) is 5.91 Å². The van der Waals surface area contributed by atoms with Gasteiger partial charge in [-0.15, -0.1) is 0 Å². The zero-order valence-corrected chi connectivity index (χ0v) is 20.6. The van der Waals surface area contributed by atoms with Crippen LogP contribution in [0.1, 0.15) is 22.4 Å². The number of pyridine rings is 1. The molecule has 1 fully saturated rings. The van der Waals surface area contributed by atoms with E-state index in [1.54, 1.807) is 42.5 Å². The summed E-state index contributed by atoms with van der Waals surface area (Å²) in [4.78, 5) is 34.2. The van der Waals surface area contributed by atoms with Gasteiger partial charge < -0.3 is 10.6 Å². The highest BCUT2D eigenvalue weighted by atomic mass is 127. The molecule has 0 aliphatic carbocycles. The number of carbonyl (C=O) groups is 2. The quantitative estimate of drug-likeness (QED) is 0.289. The number of halogens is 5. The van der Waals surface area contributed by atoms with Crippen LogP contribution in [-0.4, -0.2) is 29.6 Å². The highest BCUT2D eigenvalue weighted by Gasteiger charge is 2.41. The maximum absolute atomic E-state index is 14.6. The van der Waals surface area contributed by atoms with Crippen molar-refractivity contribution in [1.29, 1.82) is 0 Å². The molecule has 2 atom stereocenters. The van der Waals surface area contributed by atoms with Gasteiger partial charge in [0.1, 0.15) is 24.0 Å². The SMILES string of the molecule is O=C(N[C@@H]1CONC1=O)N[C@@](Cc1ccccc1)(c1cc(F)cc(C(F)(F)F)c1)c1ccc(I)cn1. The van der Waals surface area contributed by atoms with Crippen molar-refractivity contribution in [2.45, 2.75) is 24.2 Å². The molecule has 1 aliphatic heterocycles. The zero-order valence-electron chi connectivity index (χ0n) is 18.4. The van der Waals surface area contributed by atoms with Crippen molar-refractivity contribution in [3.63, 3.8) is 0 Å². The molecule has 7 nitrogen and oxygen atoms in total. The van der Waals surface area contributed by atoms with E-state index in [0.717, 1.165) is 15.7 Å². The Hall–Kier alpha value is -3.26. The van der Waals surface area contributed by atoms with E-state index in [9.17, 15) is 27.2 Å². The molecule has 12 heteroatoms. The predicted molar refractivity (Wildman–Crippen MR) is 129 cm³/mol. The Balaban J connectivity index is 1.89. The van der Waals surface area contributed by atoms with Gasteiger partial charge in [0, 0.05) is 16.2 Å². The van der Waals surface area contributed by atoms with Crippen molar-refractivity contribution in [2.75, 3.05) is 6.61 Å². The average Bonchev–Trinajstić information content (AvgIpc) is 3.22. The molecule has 3 amide bonds. The summed E-state index contributed by atoms with van der Waals surface area (Å²) in [6, 6.07) is 12.1. The van der Waals surface area contributed by atoms with E-state index in [-0.39, 0.29) is 24.3 Å². The van der Waals surface area contributed by atoms with Crippen LogP contribution in [0.4, 0.5) is 22.4 Å². The van der Waals surface area contributed by atoms with E-state index in [1.807, 2.05) is 22.6 Å². The molecule has 1 aromatic heterocycles. The minimum atomic E-state index is -4.84. The summed E-state index contributed by atoms with van der Waals surface area (Å²) >= 11 is 2.02. The van der Waals surface area contributed by atoms with Crippen molar-refractivity contribution in [1.82, 2.24) is 21.1 Å². The van der Waals surface area contributed by atoms with Crippen molar-refractivity contribution >= 4 is 34.5 Å². The number of aromatic nitrogens is 1. The smallest absolute Gasteiger partial charge is 0.324 e. The van der Waals surface area contributed by atoms with E-state index in [0.29, 0.717) is 11.6 Å². The van der Waals surface area contributed by atoms with Crippen LogP contribution >= 0.6 is 22.6 Å². The lowest BCUT2D eigenvalue weighted by Gasteiger charge is -2.36. The van der Waals surface area contributed by atoms with Crippen LogP contribution in [-0.2, 0) is 27.8 Å². The first-order chi connectivity index (χ1) is 17.1. The molecule has 3 N–H and O–H groups in total. The Morgan fingerprint density at radius 3 is 2.44 bits per heavy atom. The van der Waals surface area contributed by atoms with Crippen molar-refractivity contribution in [3.05, 3.63) is 98.6 Å². The van der Waals surface area contributed by atoms with Crippen LogP contribution in [0.5, 0.6) is 0 Å². The maximum Gasteiger partial charge on any atom is 0.416 e. The van der Waals surface area contributed by atoms with Crippen LogP contribution in [0, 0.1) is 9.39 Å². The standard InChI is InChI=1S/C24H19F4IN4O3/c25-17-9-15(8-16(10-17)24(26,27)28)23(11-14-4-2-1-3-5-14,20-7-6-18(29)12-30-20)32-22(35)31-19-13-36-33-21(19)34/h1-10,12,19H,11,13H2,(H,33,34)(H2,31,32,35)/t19-,23+/m1/s1. The second kappa shape index (κ2) is 10.4. The number of alkyl halides is 3. The number of rotatable bonds is 6. The number of amides is 3. The molecule has 0 radical (unpaired) electrons. The molecule has 1 aliphatic rings. The van der Waals surface area contributed by atoms with Crippen LogP contribution in [0.2, 0.25) is 0 Å². The van der Waals surface area contributed by atoms with Gasteiger partial charge >= 0.3 is 12.2 Å². The lowest BCUT2D eigenvalue weighted by molar-refractivity contribution is -0.137. The molecule has 3 aromatic rings. The minimum Gasteiger partial charge on any atom is -0.324 e. The fraction of sp³-hybridized carbons (Fsp3) is 0.208. The summed E-state index contributed by atoms with van der Waals surface area (Å²) in [6.07, 6.45) is -3.42. The van der Waals surface area contributed by atoms with Crippen LogP contribution in [0.25, 0.3) is 0 Å². The first-order valence-electron chi connectivity index (χ1n) is 10.6. The summed E-state index contributed by atoms with van der Waals surface area (Å²) in [5.74, 6) is -1.72. The minimum absolute atomic E-state index is 0.0665. The Morgan fingerprint density at radius 1 is 1.11 bits per heavy atom. The van der Waals surface area contributed by atoms with Gasteiger partial charge in [0.15, 0.2) is 0 Å². The molecule has 2 aromatic carbocycles. The second-order valence-electron chi connectivity index (χ2n) is 8.08. The van der Waals surface area contributed by atoms with Gasteiger partial charge in [-0.25, -0.2) is 14.7 Å². The summed E-state index contributed by atoms with van der Waals surface area (Å²) in [5, 5.41) is 5.15. The van der Waals surface area contributed by atoms with Gasteiger partial charge in [0.05, 0.1) is 11.3 Å². The van der Waals surface area contributed by atoms with Crippen LogP contribution in [0.15, 0.2) is 66.9 Å². The summed E-state index contributed by atoms with van der Waals surface area (Å²) in [5.41, 5.74) is -0.210. The van der Waals surface area contributed by atoms with E-state index < -0.39 is 41.1 Å². The number of hydrogen-bond donors (Lipinski definition) is 3. The molecule has 0 spiro atoms. The third kappa shape index (κ3) is 5.75. The van der Waals surface area contributed by atoms with Gasteiger partial charge in [-0.05, 0) is 64.0 Å². The molecule has 0 bridgehead atoms. The summed E-state index contributed by atoms with van der Waals surface area (Å²) in [6.45, 7) is -0.141. The number of nitrogens with one attached hydrogen (secondary N) is 3. The molecule has 2 heterocycles. The van der Waals surface area contributed by atoms with Crippen molar-refractivity contribution < 1.29 is 32.0 Å². The zero-order chi connectivity index (χ0) is 25.9. The van der Waals surface area contributed by atoms with Crippen LogP contribution in [0.3, 0.4) is 0 Å². The van der Waals surface area contributed by atoms with E-state index in [2.05, 4.69) is 21.1 Å². The Bertz CT molecular complexity index is 1260. The number of hydroxylamine groups is 1. The van der Waals surface area contributed by atoms with E-state index >= 15 is 0 Å². The molecule has 36 heavy (non-hydrogen) atoms. The molecule has 4 rings (SSSR count). The number of carbonyl (C=O) groups excluding carboxylic acids is 2. The van der Waals surface area contributed by atoms with Gasteiger partial charge in [-0.1, -0.05) is 30.3 Å². The van der Waals surface area contributed by atoms with Crippen LogP contribution < -0.4 is 16.1 Å². The lowest BCUT2D eigenvalue weighted by Crippen LogP contribution is -2.55. The molecule has 188 valence electrons. The largest absolute Gasteiger partial charge is 0.416 e. The Morgan fingerprint density at radius 2 is 1.83 bits per heavy atom. The molecular formula is C24H19F4IN4O3. The fourth-order valence-corrected chi connectivity index (χ4v) is 4.21. The topological polar surface area (TPSA) is 92.4 Å². The lowest BCUT2D eigenvalue weighted by atomic mass is 9.79. The number of hydrogen-bond acceptors (Lipinski definition) is 4. The monoisotopic (exact) mass is 614 g/mol. The molecular weight excluding hydrogens is 595 g/mol. The normalized spacial score (nSPS) is 17.2. The van der Waals surface area contributed by atoms with Gasteiger partial charge in [-0.2, -0.15) is 13.2 Å².